The number of carbonyl (C=O) groups is 1. The van der Waals surface area contributed by atoms with Gasteiger partial charge >= 0.3 is 0 Å². The molecule has 1 aromatic rings. The Morgan fingerprint density at radius 2 is 2.00 bits per heavy atom. The van der Waals surface area contributed by atoms with E-state index >= 15 is 0 Å². The lowest BCUT2D eigenvalue weighted by Crippen LogP contribution is -2.41. The summed E-state index contributed by atoms with van der Waals surface area (Å²) < 4.78 is 25.5. The Labute approximate surface area is 97.0 Å². The van der Waals surface area contributed by atoms with Crippen LogP contribution in [0.15, 0.2) is 24.3 Å². The molecule has 0 heterocycles. The maximum Gasteiger partial charge on any atom is 0.277 e. The van der Waals surface area contributed by atoms with Gasteiger partial charge in [0, 0.05) is 5.56 Å². The summed E-state index contributed by atoms with van der Waals surface area (Å²) in [5.41, 5.74) is 5.45. The highest BCUT2D eigenvalue weighted by Crippen LogP contribution is 2.09. The van der Waals surface area contributed by atoms with Gasteiger partial charge in [-0.25, -0.2) is 8.78 Å². The van der Waals surface area contributed by atoms with E-state index in [0.29, 0.717) is 5.56 Å². The Balaban J connectivity index is 2.62. The van der Waals surface area contributed by atoms with Crippen LogP contribution in [0.5, 0.6) is 0 Å². The van der Waals surface area contributed by atoms with E-state index in [9.17, 15) is 13.6 Å². The molecule has 0 spiro atoms. The third kappa shape index (κ3) is 3.81. The van der Waals surface area contributed by atoms with Crippen molar-refractivity contribution in [2.45, 2.75) is 5.92 Å². The topological polar surface area (TPSA) is 78.9 Å². The van der Waals surface area contributed by atoms with Crippen molar-refractivity contribution >= 4 is 5.91 Å². The smallest absolute Gasteiger partial charge is 0.277 e. The van der Waals surface area contributed by atoms with Crippen molar-refractivity contribution in [3.63, 3.8) is 0 Å². The summed E-state index contributed by atoms with van der Waals surface area (Å²) >= 11 is 0. The zero-order chi connectivity index (χ0) is 12.9. The number of halogens is 2. The fourth-order valence-electron chi connectivity index (χ4n) is 1.08. The quantitative estimate of drug-likeness (QED) is 0.818. The van der Waals surface area contributed by atoms with Crippen molar-refractivity contribution in [2.24, 2.45) is 5.73 Å². The molecule has 0 fully saturated rings. The molecule has 4 nitrogen and oxygen atoms in total. The van der Waals surface area contributed by atoms with Gasteiger partial charge in [0.05, 0.1) is 24.7 Å². The SMILES string of the molecule is N#Cc1ccc(C(=O)NCC(F)(F)CN)cc1. The Morgan fingerprint density at radius 1 is 1.41 bits per heavy atom. The monoisotopic (exact) mass is 239 g/mol. The van der Waals surface area contributed by atoms with Gasteiger partial charge in [0.2, 0.25) is 0 Å². The van der Waals surface area contributed by atoms with Gasteiger partial charge in [-0.2, -0.15) is 5.26 Å². The number of rotatable bonds is 4. The maximum absolute atomic E-state index is 12.8. The van der Waals surface area contributed by atoms with Crippen LogP contribution >= 0.6 is 0 Å². The predicted molar refractivity (Wildman–Crippen MR) is 57.5 cm³/mol. The third-order valence-corrected chi connectivity index (χ3v) is 2.08. The Morgan fingerprint density at radius 3 is 2.47 bits per heavy atom. The van der Waals surface area contributed by atoms with E-state index in [0.717, 1.165) is 0 Å². The van der Waals surface area contributed by atoms with Crippen LogP contribution in [0, 0.1) is 11.3 Å². The predicted octanol–water partition coefficient (Wildman–Crippen LogP) is 0.882. The van der Waals surface area contributed by atoms with E-state index in [1.807, 2.05) is 6.07 Å². The van der Waals surface area contributed by atoms with Gasteiger partial charge in [-0.3, -0.25) is 4.79 Å². The lowest BCUT2D eigenvalue weighted by atomic mass is 10.1. The molecule has 0 saturated heterocycles. The number of nitrogens with zero attached hydrogens (tertiary/aromatic N) is 1. The molecule has 1 rings (SSSR count). The molecular formula is C11H11F2N3O. The Bertz CT molecular complexity index is 437. The van der Waals surface area contributed by atoms with Crippen LogP contribution in [-0.4, -0.2) is 24.9 Å². The van der Waals surface area contributed by atoms with Gasteiger partial charge in [0.1, 0.15) is 0 Å². The zero-order valence-electron chi connectivity index (χ0n) is 8.91. The Kier molecular flexibility index (Phi) is 4.12. The molecule has 0 unspecified atom stereocenters. The molecule has 0 aliphatic rings. The van der Waals surface area contributed by atoms with Gasteiger partial charge < -0.3 is 11.1 Å². The lowest BCUT2D eigenvalue weighted by molar-refractivity contribution is 0.0118. The third-order valence-electron chi connectivity index (χ3n) is 2.08. The summed E-state index contributed by atoms with van der Waals surface area (Å²) in [5.74, 6) is -3.73. The zero-order valence-corrected chi connectivity index (χ0v) is 8.91. The number of hydrogen-bond acceptors (Lipinski definition) is 3. The summed E-state index contributed by atoms with van der Waals surface area (Å²) in [4.78, 5) is 11.4. The van der Waals surface area contributed by atoms with E-state index in [2.05, 4.69) is 5.32 Å². The first-order chi connectivity index (χ1) is 7.98. The number of alkyl halides is 2. The highest BCUT2D eigenvalue weighted by molar-refractivity contribution is 5.94. The molecule has 0 saturated carbocycles. The molecule has 1 amide bonds. The molecular weight excluding hydrogens is 228 g/mol. The fraction of sp³-hybridized carbons (Fsp3) is 0.273. The van der Waals surface area contributed by atoms with Gasteiger partial charge in [-0.15, -0.1) is 0 Å². The van der Waals surface area contributed by atoms with Crippen LogP contribution < -0.4 is 11.1 Å². The van der Waals surface area contributed by atoms with Crippen LogP contribution in [0.3, 0.4) is 0 Å². The molecule has 3 N–H and O–H groups in total. The van der Waals surface area contributed by atoms with Crippen molar-refractivity contribution < 1.29 is 13.6 Å². The number of nitriles is 1. The van der Waals surface area contributed by atoms with E-state index in [1.54, 1.807) is 0 Å². The second-order valence-corrected chi connectivity index (χ2v) is 3.43. The number of nitrogens with two attached hydrogens (primary N) is 1. The van der Waals surface area contributed by atoms with Crippen LogP contribution in [0.25, 0.3) is 0 Å². The minimum Gasteiger partial charge on any atom is -0.346 e. The first-order valence-electron chi connectivity index (χ1n) is 4.85. The average molecular weight is 239 g/mol. The molecule has 0 atom stereocenters. The minimum atomic E-state index is -3.11. The van der Waals surface area contributed by atoms with Crippen molar-refractivity contribution in [3.8, 4) is 6.07 Å². The summed E-state index contributed by atoms with van der Waals surface area (Å²) in [6, 6.07) is 7.57. The van der Waals surface area contributed by atoms with Crippen LogP contribution in [-0.2, 0) is 0 Å². The lowest BCUT2D eigenvalue weighted by Gasteiger charge is -2.14. The highest BCUT2D eigenvalue weighted by atomic mass is 19.3. The maximum atomic E-state index is 12.8. The molecule has 17 heavy (non-hydrogen) atoms. The standard InChI is InChI=1S/C11H11F2N3O/c12-11(13,6-15)7-16-10(17)9-3-1-8(5-14)2-4-9/h1-4H,6-7,15H2,(H,16,17). The van der Waals surface area contributed by atoms with Crippen molar-refractivity contribution in [1.82, 2.24) is 5.32 Å². The van der Waals surface area contributed by atoms with Crippen molar-refractivity contribution in [3.05, 3.63) is 35.4 Å². The van der Waals surface area contributed by atoms with E-state index in [4.69, 9.17) is 11.0 Å². The summed E-state index contributed by atoms with van der Waals surface area (Å²) in [6.07, 6.45) is 0. The van der Waals surface area contributed by atoms with Crippen LogP contribution in [0.2, 0.25) is 0 Å². The summed E-state index contributed by atoms with van der Waals surface area (Å²) in [7, 11) is 0. The number of carbonyl (C=O) groups excluding carboxylic acids is 1. The number of amides is 1. The van der Waals surface area contributed by atoms with E-state index in [1.165, 1.54) is 24.3 Å². The first-order valence-corrected chi connectivity index (χ1v) is 4.85. The second-order valence-electron chi connectivity index (χ2n) is 3.43. The minimum absolute atomic E-state index is 0.219. The molecule has 0 radical (unpaired) electrons. The molecule has 6 heteroatoms. The Hall–Kier alpha value is -2.00. The van der Waals surface area contributed by atoms with Gasteiger partial charge in [-0.1, -0.05) is 0 Å². The normalized spacial score (nSPS) is 10.7. The van der Waals surface area contributed by atoms with E-state index in [-0.39, 0.29) is 5.56 Å². The average Bonchev–Trinajstić information content (AvgIpc) is 2.36. The summed E-state index contributed by atoms with van der Waals surface area (Å²) in [6.45, 7) is -1.62. The largest absolute Gasteiger partial charge is 0.346 e. The molecule has 0 aromatic heterocycles. The van der Waals surface area contributed by atoms with Crippen LogP contribution in [0.4, 0.5) is 8.78 Å². The molecule has 1 aromatic carbocycles. The number of hydrogen-bond donors (Lipinski definition) is 2. The number of nitrogens with one attached hydrogen (secondary N) is 1. The summed E-state index contributed by atoms with van der Waals surface area (Å²) in [5, 5.41) is 10.6. The van der Waals surface area contributed by atoms with Crippen molar-refractivity contribution in [1.29, 1.82) is 5.26 Å². The first kappa shape index (κ1) is 13.1. The van der Waals surface area contributed by atoms with E-state index < -0.39 is 24.9 Å². The molecule has 0 aliphatic heterocycles. The fourth-order valence-corrected chi connectivity index (χ4v) is 1.08. The number of benzene rings is 1. The van der Waals surface area contributed by atoms with Gasteiger partial charge in [0.15, 0.2) is 0 Å². The molecule has 0 bridgehead atoms. The molecule has 90 valence electrons. The molecule has 0 aliphatic carbocycles. The van der Waals surface area contributed by atoms with Gasteiger partial charge in [0.25, 0.3) is 11.8 Å². The van der Waals surface area contributed by atoms with Gasteiger partial charge in [-0.05, 0) is 24.3 Å². The second kappa shape index (κ2) is 5.37. The van der Waals surface area contributed by atoms with Crippen molar-refractivity contribution in [2.75, 3.05) is 13.1 Å². The van der Waals surface area contributed by atoms with Crippen LogP contribution in [0.1, 0.15) is 15.9 Å². The highest BCUT2D eigenvalue weighted by Gasteiger charge is 2.27.